The Hall–Kier alpha value is -8.23. The molecule has 10 heterocycles. The minimum absolute atomic E-state index is 0.0231. The van der Waals surface area contributed by atoms with E-state index in [0.29, 0.717) is 50.0 Å². The number of carbonyl (C=O) groups excluding carboxylic acids is 5. The average Bonchev–Trinajstić information content (AvgIpc) is 1.64. The van der Waals surface area contributed by atoms with Gasteiger partial charge in [0.25, 0.3) is 27.8 Å². The molecule has 5 aliphatic rings. The van der Waals surface area contributed by atoms with Gasteiger partial charge in [0.2, 0.25) is 5.91 Å². The Morgan fingerprint density at radius 2 is 0.681 bits per heavy atom. The number of alkyl halides is 6. The molecule has 0 saturated carbocycles. The first-order chi connectivity index (χ1) is 65.9. The van der Waals surface area contributed by atoms with Crippen LogP contribution < -0.4 is 66.5 Å². The van der Waals surface area contributed by atoms with Crippen molar-refractivity contribution in [3.8, 4) is 0 Å². The molecule has 18 N–H and O–H groups in total. The number of aliphatic hydroxyl groups is 10. The fourth-order valence-electron chi connectivity index (χ4n) is 15.0. The minimum Gasteiger partial charge on any atom is -0.459 e. The van der Waals surface area contributed by atoms with Gasteiger partial charge in [0.15, 0.2) is 35.9 Å². The van der Waals surface area contributed by atoms with E-state index in [1.54, 1.807) is 7.05 Å². The van der Waals surface area contributed by atoms with Gasteiger partial charge in [0.05, 0.1) is 66.8 Å². The number of rotatable bonds is 34. The summed E-state index contributed by atoms with van der Waals surface area (Å²) < 4.78 is 116. The van der Waals surface area contributed by atoms with Gasteiger partial charge in [-0.1, -0.05) is 0 Å². The fourth-order valence-corrected chi connectivity index (χ4v) is 20.0. The van der Waals surface area contributed by atoms with Crippen molar-refractivity contribution in [1.82, 2.24) is 73.5 Å². The first kappa shape index (κ1) is 124. The second kappa shape index (κ2) is 51.3. The first-order valence-corrected chi connectivity index (χ1v) is 60.8. The zero-order chi connectivity index (χ0) is 110. The third-order valence-corrected chi connectivity index (χ3v) is 30.2. The van der Waals surface area contributed by atoms with Gasteiger partial charge in [0, 0.05) is 75.7 Å². The zero-order valence-corrected chi connectivity index (χ0v) is 88.5. The van der Waals surface area contributed by atoms with Crippen LogP contribution in [0.15, 0.2) is 74.1 Å². The van der Waals surface area contributed by atoms with Gasteiger partial charge in [-0.2, -0.15) is 26.3 Å². The van der Waals surface area contributed by atoms with Crippen molar-refractivity contribution < 1.29 is 130 Å². The Bertz CT molecular complexity index is 6240. The number of hydrogen-bond donors (Lipinski definition) is 18. The van der Waals surface area contributed by atoms with E-state index < -0.39 is 269 Å². The summed E-state index contributed by atoms with van der Waals surface area (Å²) in [5.41, 5.74) is -8.08. The lowest BCUT2D eigenvalue weighted by molar-refractivity contribution is -0.188. The lowest BCUT2D eigenvalue weighted by Crippen LogP contribution is -2.46. The quantitative estimate of drug-likeness (QED) is 0.00958. The maximum Gasteiger partial charge on any atom is 0.471 e. The van der Waals surface area contributed by atoms with Crippen molar-refractivity contribution in [2.24, 2.45) is 0 Å². The molecule has 814 valence electrons. The summed E-state index contributed by atoms with van der Waals surface area (Å²) in [7, 11) is 2.54. The summed E-state index contributed by atoms with van der Waals surface area (Å²) in [4.78, 5) is 178. The van der Waals surface area contributed by atoms with Gasteiger partial charge >= 0.3 is 52.9 Å². The van der Waals surface area contributed by atoms with Crippen LogP contribution in [0.1, 0.15) is 126 Å². The topological polar surface area (TPSA) is 643 Å². The Kier molecular flexibility index (Phi) is 44.4. The summed E-state index contributed by atoms with van der Waals surface area (Å²) in [6, 6.07) is 0. The summed E-state index contributed by atoms with van der Waals surface area (Å²) in [6.45, 7) is 18.3. The number of amides is 3. The highest BCUT2D eigenvalue weighted by molar-refractivity contribution is 7.73. The molecule has 5 unspecified atom stereocenters. The van der Waals surface area contributed by atoms with E-state index >= 15 is 0 Å². The number of nitrogens with one attached hydrogen (secondary N) is 8. The summed E-state index contributed by atoms with van der Waals surface area (Å²) in [6.07, 6.45) is -0.207. The summed E-state index contributed by atoms with van der Waals surface area (Å²) >= 11 is 5.17. The third kappa shape index (κ3) is 36.9. The molecule has 57 heteroatoms. The van der Waals surface area contributed by atoms with Crippen LogP contribution in [0.3, 0.4) is 0 Å². The van der Waals surface area contributed by atoms with E-state index in [1.807, 2.05) is 36.6 Å². The van der Waals surface area contributed by atoms with Crippen LogP contribution in [0.2, 0.25) is 0 Å². The van der Waals surface area contributed by atoms with E-state index in [1.165, 1.54) is 57.8 Å². The van der Waals surface area contributed by atoms with Crippen molar-refractivity contribution in [3.63, 3.8) is 0 Å². The van der Waals surface area contributed by atoms with Crippen LogP contribution in [0, 0.1) is 4.77 Å². The number of hydrogen-bond acceptors (Lipinski definition) is 33. The molecule has 5 aliphatic heterocycles. The van der Waals surface area contributed by atoms with Gasteiger partial charge in [-0.05, 0) is 177 Å². The Morgan fingerprint density at radius 3 is 0.958 bits per heavy atom. The number of ether oxygens (including phenoxy) is 6. The number of nitrogens with zero attached hydrogens (tertiary/aromatic N) is 7. The molecule has 144 heavy (non-hydrogen) atoms. The number of ketones is 1. The van der Waals surface area contributed by atoms with Crippen molar-refractivity contribution >= 4 is 108 Å². The molecule has 0 bridgehead atoms. The molecular weight excluding hydrogens is 2040 g/mol. The molecule has 5 aromatic heterocycles. The highest BCUT2D eigenvalue weighted by Crippen LogP contribution is 2.45. The SMILES string of the molecule is C=P(C)(C)CC[C@H]1OC(n2cc(CN(C)C(=O)C(F)(F)F)c(=O)[nH]c2=O)[C@H](O)[C@@H]1O.C=P(C)(C)CC[C@H]1OC(n2cc(CN(CC(=O)OC(C)(C)C)C(=O)C(F)(F)F)c(=O)[nH]c2=O)[C@H](O)[C@@H]1O.C=P(C)(C)CC[C@H]1OC(n2cc(CNC(C)=O)c(=O)[nH]c2=S)[C@H](O)[C@@H]1O.C=P(C)(C)CC[C@H]1OC(n2cc(CNC)c(=O)[nH]c2=O)[C@H](O)[C@@H]1O.C=P(C)(C)CC[C@H]1OC(n2cc(CNCC(C)=O)c(=O)[nH]c2=O)[C@H](O)[C@@H]1O. The highest BCUT2D eigenvalue weighted by Gasteiger charge is 2.51. The van der Waals surface area contributed by atoms with E-state index in [0.717, 1.165) is 56.2 Å². The average molecular weight is 2180 g/mol. The molecule has 5 saturated heterocycles. The second-order valence-electron chi connectivity index (χ2n) is 40.2. The lowest BCUT2D eigenvalue weighted by Gasteiger charge is -2.26. The van der Waals surface area contributed by atoms with Crippen molar-refractivity contribution in [2.45, 2.75) is 240 Å². The summed E-state index contributed by atoms with van der Waals surface area (Å²) in [5.74, 6) is -6.07. The normalized spacial score (nSPS) is 25.1. The smallest absolute Gasteiger partial charge is 0.459 e. The maximum absolute atomic E-state index is 13.2. The lowest BCUT2D eigenvalue weighted by atomic mass is 10.1. The fraction of sp³-hybridized carbons (Fsp3) is 0.655. The van der Waals surface area contributed by atoms with Crippen molar-refractivity contribution in [2.75, 3.05) is 125 Å². The second-order valence-corrected chi connectivity index (χ2v) is 62.2. The van der Waals surface area contributed by atoms with Crippen LogP contribution >= 0.6 is 46.6 Å². The molecule has 0 aliphatic carbocycles. The molecule has 3 amide bonds. The predicted molar refractivity (Wildman–Crippen MR) is 540 cm³/mol. The zero-order valence-electron chi connectivity index (χ0n) is 83.2. The Balaban J connectivity index is 0.000000277. The van der Waals surface area contributed by atoms with Crippen molar-refractivity contribution in [3.05, 3.63) is 157 Å². The number of H-pyrrole nitrogens is 5. The number of esters is 1. The number of aromatic amines is 5. The van der Waals surface area contributed by atoms with E-state index in [2.05, 4.69) is 102 Å². The first-order valence-electron chi connectivity index (χ1n) is 45.1. The van der Waals surface area contributed by atoms with E-state index in [-0.39, 0.29) is 69.1 Å². The van der Waals surface area contributed by atoms with Crippen LogP contribution in [0.25, 0.3) is 0 Å². The van der Waals surface area contributed by atoms with E-state index in [9.17, 15) is 145 Å². The molecule has 5 aromatic rings. The number of halogens is 6. The largest absolute Gasteiger partial charge is 0.471 e. The molecule has 5 fully saturated rings. The molecule has 45 nitrogen and oxygen atoms in total. The van der Waals surface area contributed by atoms with Crippen LogP contribution in [0.5, 0.6) is 0 Å². The molecule has 20 atom stereocenters. The maximum atomic E-state index is 13.2. The highest BCUT2D eigenvalue weighted by atomic mass is 32.1. The van der Waals surface area contributed by atoms with Gasteiger partial charge in [-0.15, -0.1) is 65.9 Å². The molecule has 10 rings (SSSR count). The molecule has 0 radical (unpaired) electrons. The number of aromatic nitrogens is 10. The van der Waals surface area contributed by atoms with Gasteiger partial charge in [-0.25, -0.2) is 19.2 Å². The number of Topliss-reactive ketones (excluding diaryl/α,β-unsaturated/α-hetero) is 1. The Labute approximate surface area is 828 Å². The van der Waals surface area contributed by atoms with Gasteiger partial charge in [0.1, 0.15) is 79.0 Å². The van der Waals surface area contributed by atoms with Gasteiger partial charge in [-0.3, -0.25) is 95.7 Å². The van der Waals surface area contributed by atoms with Crippen LogP contribution in [-0.2, 0) is 85.1 Å². The van der Waals surface area contributed by atoms with Gasteiger partial charge < -0.3 is 105 Å². The van der Waals surface area contributed by atoms with E-state index in [4.69, 9.17) is 40.6 Å². The minimum atomic E-state index is -5.37. The third-order valence-electron chi connectivity index (χ3n) is 22.6. The number of aliphatic hydroxyl groups excluding tert-OH is 10. The van der Waals surface area contributed by atoms with Crippen LogP contribution in [0.4, 0.5) is 26.3 Å². The Morgan fingerprint density at radius 1 is 0.417 bits per heavy atom. The monoisotopic (exact) mass is 2170 g/mol. The predicted octanol–water partition coefficient (Wildman–Crippen LogP) is -1.57. The van der Waals surface area contributed by atoms with Crippen molar-refractivity contribution in [1.29, 1.82) is 0 Å². The summed E-state index contributed by atoms with van der Waals surface area (Å²) in [5, 5.41) is 112. The van der Waals surface area contributed by atoms with Crippen LogP contribution in [-0.4, -0.2) is 404 Å². The molecule has 0 spiro atoms. The molecule has 0 aromatic carbocycles. The standard InChI is InChI=1S/C22H33F3N3O8P.C17H25F3N3O6P.C17H28N3O6P.C16H26N3O5PS.C15H26N3O5P/c1-21(2,3)36-14(29)11-27(19(33)22(23,24)25)9-12-10-28(20(34)26-17(12)32)18-16(31)15(30)13(35-18)7-8-37(4,5)6;1-22(15(27)17(18,19)20)7-9-8-23(16(28)21-13(9)26)14-12(25)11(24)10(29-14)5-6-30(2,3)4;1-10(21)7-18-8-11-9-20(17(25)19-15(11)24)16-14(23)13(22)12(26-16)5-6-27(2,3)4;1-9(20)17-7-10-8-19(16(26)18-14(10)23)15-13(22)12(21)11(24-15)5-6-25(2,3)4;1-16-7-9-8-18(15(22)17-13(9)21)14-12(20)11(19)10(23-14)5-6-24(2,3)4/h10,13,15-16,18,30-31H,4,7-9,11H2,1-3,5-6H3,(H,26,32,34);8,10-12,14,24-25H,2,5-7H2,1,3-4H3,(H,21,26,28);9,12-14,16,18,22-23H,2,5-8H2,1,3-4H3,(H,19,24,25);8,11-13,15,21-22H,2,5-7H2,1,3-4H3,(H,17,20)(H,18,23,26);8,10-12,14,16,19-20H,2,5-7H2,1,3-4H3,(H,17,21,22)/t13-,15-,16-,18?;10-,11-,12-,14?;12-,13-,14-,16?;11-,12-,13-,15?;10-,11-,12-,14?/m11111/s1. The molecular formula is C87H138F6N15O30P5S. The number of carbonyl (C=O) groups is 5.